The zero-order valence-corrected chi connectivity index (χ0v) is 23.7. The van der Waals surface area contributed by atoms with Crippen LogP contribution in [-0.4, -0.2) is 26.3 Å². The maximum atomic E-state index is 7.31. The minimum absolute atomic E-state index is 0. The molecule has 0 saturated heterocycles. The Balaban J connectivity index is 0.00000432. The van der Waals surface area contributed by atoms with Crippen molar-refractivity contribution in [2.24, 2.45) is 0 Å². The summed E-state index contributed by atoms with van der Waals surface area (Å²) in [6.07, 6.45) is 6.96. The summed E-state index contributed by atoms with van der Waals surface area (Å²) in [5.74, 6) is 8.05. The van der Waals surface area contributed by atoms with Crippen LogP contribution in [-0.2, 0) is 10.3 Å². The van der Waals surface area contributed by atoms with Gasteiger partial charge in [0.2, 0.25) is 0 Å². The van der Waals surface area contributed by atoms with Gasteiger partial charge in [-0.3, -0.25) is 4.94 Å². The van der Waals surface area contributed by atoms with Crippen molar-refractivity contribution in [2.45, 2.75) is 61.7 Å². The van der Waals surface area contributed by atoms with Crippen molar-refractivity contribution in [3.63, 3.8) is 0 Å². The van der Waals surface area contributed by atoms with Gasteiger partial charge in [-0.25, -0.2) is 0 Å². The molecule has 0 aliphatic rings. The van der Waals surface area contributed by atoms with Gasteiger partial charge in [-0.2, -0.15) is 17.4 Å². The summed E-state index contributed by atoms with van der Waals surface area (Å²) in [5.41, 5.74) is 2.65. The van der Waals surface area contributed by atoms with Gasteiger partial charge < -0.3 is 9.47 Å². The molecule has 0 amide bonds. The van der Waals surface area contributed by atoms with E-state index in [0.717, 1.165) is 35.3 Å². The molecule has 0 aliphatic carbocycles. The molecule has 35 heavy (non-hydrogen) atoms. The smallest absolute Gasteiger partial charge is 0.497 e. The summed E-state index contributed by atoms with van der Waals surface area (Å²) in [5, 5.41) is 0. The molecule has 0 radical (unpaired) electrons. The van der Waals surface area contributed by atoms with Crippen LogP contribution in [0.4, 0.5) is 0 Å². The van der Waals surface area contributed by atoms with Gasteiger partial charge in [0.05, 0.1) is 13.2 Å². The van der Waals surface area contributed by atoms with E-state index in [9.17, 15) is 0 Å². The van der Waals surface area contributed by atoms with E-state index in [1.165, 1.54) is 12.8 Å². The van der Waals surface area contributed by atoms with Crippen LogP contribution in [0.5, 0.6) is 5.75 Å². The third-order valence-electron chi connectivity index (χ3n) is 6.18. The van der Waals surface area contributed by atoms with E-state index in [0.29, 0.717) is 0 Å². The van der Waals surface area contributed by atoms with Crippen LogP contribution in [0.2, 0.25) is 17.4 Å². The Morgan fingerprint density at radius 3 is 1.74 bits per heavy atom. The number of benzene rings is 3. The second-order valence-corrected chi connectivity index (χ2v) is 16.3. The molecule has 0 fully saturated rings. The largest absolute Gasteiger partial charge is 1.00 e. The van der Waals surface area contributed by atoms with Crippen molar-refractivity contribution < 1.29 is 28.3 Å². The predicted octanol–water partition coefficient (Wildman–Crippen LogP) is 5.39. The van der Waals surface area contributed by atoms with E-state index >= 15 is 0 Å². The number of hydrogen-bond acceptors (Lipinski definition) is 2. The summed E-state index contributed by atoms with van der Waals surface area (Å²) in [4.78, 5) is 2.46. The summed E-state index contributed by atoms with van der Waals surface area (Å²) in [7, 11) is 1.71. The van der Waals surface area contributed by atoms with Crippen molar-refractivity contribution in [3.8, 4) is 5.75 Å². The van der Waals surface area contributed by atoms with Crippen LogP contribution < -0.4 is 23.6 Å². The SMILES string of the molecule is CCCCCC(/C=[CH]/[Al-]([CH3])([CH3])[CH3])OC(c1ccccc1)(c1ccccc1)c1ccc(OC)cc1.[Li+]. The molecule has 0 aliphatic heterocycles. The van der Waals surface area contributed by atoms with E-state index in [2.05, 4.69) is 108 Å². The first-order valence-corrected chi connectivity index (χ1v) is 16.9. The Bertz CT molecular complexity index is 972. The fourth-order valence-electron chi connectivity index (χ4n) is 4.35. The molecule has 4 heteroatoms. The Kier molecular flexibility index (Phi) is 11.9. The second kappa shape index (κ2) is 14.1. The maximum Gasteiger partial charge on any atom is 1.00 e. The maximum absolute atomic E-state index is 7.31. The Hall–Kier alpha value is -1.71. The van der Waals surface area contributed by atoms with Crippen LogP contribution in [0, 0.1) is 0 Å². The van der Waals surface area contributed by atoms with E-state index in [1.54, 1.807) is 7.11 Å². The van der Waals surface area contributed by atoms with Gasteiger partial charge >= 0.3 is 18.9 Å². The quantitative estimate of drug-likeness (QED) is 0.197. The Labute approximate surface area is 227 Å². The predicted molar refractivity (Wildman–Crippen MR) is 147 cm³/mol. The van der Waals surface area contributed by atoms with Crippen LogP contribution >= 0.6 is 0 Å². The third kappa shape index (κ3) is 8.15. The monoisotopic (exact) mass is 478 g/mol. The van der Waals surface area contributed by atoms with Crippen molar-refractivity contribution in [2.75, 3.05) is 7.11 Å². The first-order chi connectivity index (χ1) is 16.4. The summed E-state index contributed by atoms with van der Waals surface area (Å²) in [6, 6.07) is 29.6. The molecule has 0 spiro atoms. The van der Waals surface area contributed by atoms with Crippen LogP contribution in [0.25, 0.3) is 0 Å². The topological polar surface area (TPSA) is 18.5 Å². The molecular formula is C31H40AlLiO2. The van der Waals surface area contributed by atoms with Crippen LogP contribution in [0.3, 0.4) is 0 Å². The molecule has 180 valence electrons. The van der Waals surface area contributed by atoms with Crippen LogP contribution in [0.15, 0.2) is 95.9 Å². The minimum atomic E-state index is -1.66. The number of methoxy groups -OCH3 is 1. The fraction of sp³-hybridized carbons (Fsp3) is 0.355. The minimum Gasteiger partial charge on any atom is -0.497 e. The van der Waals surface area contributed by atoms with Gasteiger partial charge in [0, 0.05) is 0 Å². The number of hydrogen-bond donors (Lipinski definition) is 0. The number of unbranched alkanes of at least 4 members (excludes halogenated alkanes) is 2. The molecule has 0 heterocycles. The van der Waals surface area contributed by atoms with Gasteiger partial charge in [-0.05, 0) is 35.2 Å². The van der Waals surface area contributed by atoms with E-state index in [1.807, 2.05) is 12.1 Å². The standard InChI is InChI=1S/C28H31O2.3CH3.Al.Li/c1-4-6-9-18-26(5-2)30-28(23-14-10-7-11-15-23,24-16-12-8-13-17-24)25-19-21-27(29-3)22-20-25;;;;;/h2,5,7-8,10-17,19-22,26H,4,6,9,18H2,1,3H3;3*1H3;;/q;;;;-1;+1. The van der Waals surface area contributed by atoms with E-state index < -0.39 is 18.7 Å². The molecule has 1 atom stereocenters. The Morgan fingerprint density at radius 2 is 1.29 bits per heavy atom. The second-order valence-electron chi connectivity index (χ2n) is 10.4. The summed E-state index contributed by atoms with van der Waals surface area (Å²) in [6.45, 7) is 2.25. The van der Waals surface area contributed by atoms with Crippen molar-refractivity contribution in [1.29, 1.82) is 0 Å². The van der Waals surface area contributed by atoms with E-state index in [4.69, 9.17) is 9.47 Å². The van der Waals surface area contributed by atoms with Gasteiger partial charge in [-0.1, -0.05) is 99.0 Å². The molecule has 3 aromatic carbocycles. The first kappa shape index (κ1) is 29.5. The molecular weight excluding hydrogens is 438 g/mol. The van der Waals surface area contributed by atoms with Crippen molar-refractivity contribution >= 4 is 13.1 Å². The van der Waals surface area contributed by atoms with Crippen molar-refractivity contribution in [1.82, 2.24) is 0 Å². The van der Waals surface area contributed by atoms with E-state index in [-0.39, 0.29) is 25.0 Å². The number of ether oxygens (including phenoxy) is 2. The molecule has 0 aromatic heterocycles. The average Bonchev–Trinajstić information content (AvgIpc) is 2.86. The molecule has 1 unspecified atom stereocenters. The van der Waals surface area contributed by atoms with Crippen LogP contribution in [0.1, 0.15) is 49.3 Å². The van der Waals surface area contributed by atoms with Gasteiger partial charge in [0.1, 0.15) is 24.4 Å². The van der Waals surface area contributed by atoms with Crippen molar-refractivity contribution in [3.05, 3.63) is 113 Å². The van der Waals surface area contributed by atoms with Gasteiger partial charge in [-0.15, -0.1) is 6.08 Å². The normalized spacial score (nSPS) is 12.8. The molecule has 0 N–H and O–H groups in total. The fourth-order valence-corrected chi connectivity index (χ4v) is 5.26. The number of rotatable bonds is 12. The molecule has 3 rings (SSSR count). The first-order valence-electron chi connectivity index (χ1n) is 12.8. The average molecular weight is 479 g/mol. The molecule has 0 bridgehead atoms. The Morgan fingerprint density at radius 1 is 0.771 bits per heavy atom. The van der Waals surface area contributed by atoms with Gasteiger partial charge in [0.25, 0.3) is 0 Å². The zero-order valence-electron chi connectivity index (χ0n) is 22.5. The molecule has 3 aromatic rings. The summed E-state index contributed by atoms with van der Waals surface area (Å²) >= 11 is -1.66. The van der Waals surface area contributed by atoms with Gasteiger partial charge in [0.15, 0.2) is 0 Å². The molecule has 2 nitrogen and oxygen atoms in total. The zero-order chi connectivity index (χ0) is 24.4. The summed E-state index contributed by atoms with van der Waals surface area (Å²) < 4.78 is 12.8. The third-order valence-corrected chi connectivity index (χ3v) is 7.56. The molecule has 0 saturated carbocycles.